The molecule has 1 unspecified atom stereocenters. The number of hydrogen-bond acceptors (Lipinski definition) is 2. The van der Waals surface area contributed by atoms with Crippen molar-refractivity contribution >= 4 is 5.78 Å². The van der Waals surface area contributed by atoms with Crippen molar-refractivity contribution in [2.75, 3.05) is 0 Å². The van der Waals surface area contributed by atoms with Crippen LogP contribution >= 0.6 is 0 Å². The summed E-state index contributed by atoms with van der Waals surface area (Å²) in [5.41, 5.74) is 0.546. The minimum absolute atomic E-state index is 0.185. The zero-order valence-electron chi connectivity index (χ0n) is 8.16. The summed E-state index contributed by atoms with van der Waals surface area (Å²) in [6, 6.07) is 0. The normalized spacial score (nSPS) is 14.5. The van der Waals surface area contributed by atoms with Crippen LogP contribution in [0.2, 0.25) is 0 Å². The standard InChI is InChI=1S/C11H16O2/c1-4-7-8-9(5-2)11(13)10(12)6-3/h4-5,7-8,11,13H,2,6H2,1,3H3/b7-4-,9-8+. The van der Waals surface area contributed by atoms with Crippen molar-refractivity contribution in [3.05, 3.63) is 36.5 Å². The Balaban J connectivity index is 4.57. The van der Waals surface area contributed by atoms with Crippen LogP contribution in [0.15, 0.2) is 36.5 Å². The summed E-state index contributed by atoms with van der Waals surface area (Å²) in [7, 11) is 0. The molecule has 0 aromatic carbocycles. The molecule has 0 rings (SSSR count). The largest absolute Gasteiger partial charge is 0.381 e. The fourth-order valence-electron chi connectivity index (χ4n) is 0.857. The van der Waals surface area contributed by atoms with Gasteiger partial charge >= 0.3 is 0 Å². The summed E-state index contributed by atoms with van der Waals surface area (Å²) in [6.07, 6.45) is 6.08. The van der Waals surface area contributed by atoms with Crippen molar-refractivity contribution in [1.29, 1.82) is 0 Å². The van der Waals surface area contributed by atoms with Crippen LogP contribution < -0.4 is 0 Å². The van der Waals surface area contributed by atoms with Gasteiger partial charge in [0.25, 0.3) is 0 Å². The van der Waals surface area contributed by atoms with E-state index in [1.807, 2.05) is 13.0 Å². The van der Waals surface area contributed by atoms with E-state index in [0.29, 0.717) is 12.0 Å². The van der Waals surface area contributed by atoms with Crippen LogP contribution in [0.25, 0.3) is 0 Å². The third-order valence-corrected chi connectivity index (χ3v) is 1.69. The smallest absolute Gasteiger partial charge is 0.165 e. The molecule has 0 bridgehead atoms. The maximum Gasteiger partial charge on any atom is 0.165 e. The summed E-state index contributed by atoms with van der Waals surface area (Å²) in [6.45, 7) is 7.13. The van der Waals surface area contributed by atoms with Crippen LogP contribution in [0.5, 0.6) is 0 Å². The summed E-state index contributed by atoms with van der Waals surface area (Å²) >= 11 is 0. The van der Waals surface area contributed by atoms with Crippen LogP contribution in [0, 0.1) is 0 Å². The van der Waals surface area contributed by atoms with Gasteiger partial charge in [0.05, 0.1) is 0 Å². The monoisotopic (exact) mass is 180 g/mol. The molecule has 0 heterocycles. The molecule has 0 fully saturated rings. The van der Waals surface area contributed by atoms with Gasteiger partial charge in [0, 0.05) is 6.42 Å². The second-order valence-corrected chi connectivity index (χ2v) is 2.62. The number of hydrogen-bond donors (Lipinski definition) is 1. The number of rotatable bonds is 5. The van der Waals surface area contributed by atoms with Gasteiger partial charge in [0.1, 0.15) is 6.10 Å². The van der Waals surface area contributed by atoms with Crippen LogP contribution in [0.4, 0.5) is 0 Å². The van der Waals surface area contributed by atoms with Gasteiger partial charge in [-0.05, 0) is 12.5 Å². The molecule has 0 aliphatic heterocycles. The van der Waals surface area contributed by atoms with E-state index in [0.717, 1.165) is 0 Å². The fourth-order valence-corrected chi connectivity index (χ4v) is 0.857. The van der Waals surface area contributed by atoms with Gasteiger partial charge in [-0.25, -0.2) is 0 Å². The first-order valence-electron chi connectivity index (χ1n) is 4.33. The Bertz CT molecular complexity index is 236. The third-order valence-electron chi connectivity index (χ3n) is 1.69. The molecular formula is C11H16O2. The van der Waals surface area contributed by atoms with Crippen LogP contribution in [-0.4, -0.2) is 17.0 Å². The first-order chi connectivity index (χ1) is 6.17. The predicted octanol–water partition coefficient (Wildman–Crippen LogP) is 2.01. The molecule has 0 saturated carbocycles. The molecule has 0 aliphatic carbocycles. The number of aliphatic hydroxyl groups excluding tert-OH is 1. The lowest BCUT2D eigenvalue weighted by Crippen LogP contribution is -2.20. The van der Waals surface area contributed by atoms with E-state index in [-0.39, 0.29) is 5.78 Å². The average molecular weight is 180 g/mol. The molecule has 2 nitrogen and oxygen atoms in total. The number of carbonyl (C=O) groups is 1. The van der Waals surface area contributed by atoms with E-state index in [2.05, 4.69) is 6.58 Å². The number of Topliss-reactive ketones (excluding diaryl/α,β-unsaturated/α-hetero) is 1. The van der Waals surface area contributed by atoms with Gasteiger partial charge in [0.2, 0.25) is 0 Å². The number of allylic oxidation sites excluding steroid dienone is 3. The van der Waals surface area contributed by atoms with Crippen molar-refractivity contribution in [2.45, 2.75) is 26.4 Å². The predicted molar refractivity (Wildman–Crippen MR) is 54.4 cm³/mol. The Kier molecular flexibility index (Phi) is 5.81. The van der Waals surface area contributed by atoms with Crippen molar-refractivity contribution < 1.29 is 9.90 Å². The lowest BCUT2D eigenvalue weighted by atomic mass is 10.0. The van der Waals surface area contributed by atoms with Gasteiger partial charge in [-0.15, -0.1) is 0 Å². The van der Waals surface area contributed by atoms with Crippen LogP contribution in [-0.2, 0) is 4.79 Å². The maximum absolute atomic E-state index is 11.1. The molecule has 2 heteroatoms. The minimum Gasteiger partial charge on any atom is -0.381 e. The van der Waals surface area contributed by atoms with Crippen molar-refractivity contribution in [3.8, 4) is 0 Å². The van der Waals surface area contributed by atoms with E-state index in [1.54, 1.807) is 19.1 Å². The van der Waals surface area contributed by atoms with Gasteiger partial charge in [-0.2, -0.15) is 0 Å². The third kappa shape index (κ3) is 3.85. The van der Waals surface area contributed by atoms with E-state index in [4.69, 9.17) is 0 Å². The number of aliphatic hydroxyl groups is 1. The summed E-state index contributed by atoms with van der Waals surface area (Å²) < 4.78 is 0. The van der Waals surface area contributed by atoms with Crippen molar-refractivity contribution in [2.24, 2.45) is 0 Å². The molecular weight excluding hydrogens is 164 g/mol. The summed E-state index contributed by atoms with van der Waals surface area (Å²) in [5, 5.41) is 9.48. The second kappa shape index (κ2) is 6.38. The van der Waals surface area contributed by atoms with E-state index >= 15 is 0 Å². The molecule has 13 heavy (non-hydrogen) atoms. The Morgan fingerprint density at radius 3 is 2.62 bits per heavy atom. The molecule has 0 aliphatic rings. The first kappa shape index (κ1) is 11.8. The van der Waals surface area contributed by atoms with Crippen LogP contribution in [0.3, 0.4) is 0 Å². The molecule has 1 atom stereocenters. The average Bonchev–Trinajstić information content (AvgIpc) is 2.17. The molecule has 0 aromatic heterocycles. The SMILES string of the molecule is C=C/C(=C\C=C/C)C(O)C(=O)CC. The topological polar surface area (TPSA) is 37.3 Å². The lowest BCUT2D eigenvalue weighted by molar-refractivity contribution is -0.124. The van der Waals surface area contributed by atoms with E-state index in [1.165, 1.54) is 6.08 Å². The maximum atomic E-state index is 11.1. The molecule has 72 valence electrons. The zero-order valence-corrected chi connectivity index (χ0v) is 8.16. The van der Waals surface area contributed by atoms with Crippen molar-refractivity contribution in [1.82, 2.24) is 0 Å². The summed E-state index contributed by atoms with van der Waals surface area (Å²) in [4.78, 5) is 11.1. The highest BCUT2D eigenvalue weighted by atomic mass is 16.3. The number of ketones is 1. The highest BCUT2D eigenvalue weighted by Gasteiger charge is 2.14. The highest BCUT2D eigenvalue weighted by Crippen LogP contribution is 2.06. The van der Waals surface area contributed by atoms with Crippen molar-refractivity contribution in [3.63, 3.8) is 0 Å². The summed E-state index contributed by atoms with van der Waals surface area (Å²) in [5.74, 6) is -0.185. The Morgan fingerprint density at radius 2 is 2.23 bits per heavy atom. The molecule has 0 amide bonds. The van der Waals surface area contributed by atoms with E-state index in [9.17, 15) is 9.90 Å². The first-order valence-corrected chi connectivity index (χ1v) is 4.33. The Morgan fingerprint density at radius 1 is 1.62 bits per heavy atom. The Labute approximate surface area is 79.3 Å². The highest BCUT2D eigenvalue weighted by molar-refractivity contribution is 5.86. The molecule has 1 N–H and O–H groups in total. The van der Waals surface area contributed by atoms with Gasteiger partial charge in [-0.1, -0.05) is 37.8 Å². The Hall–Kier alpha value is -1.15. The van der Waals surface area contributed by atoms with Gasteiger partial charge in [0.15, 0.2) is 5.78 Å². The lowest BCUT2D eigenvalue weighted by Gasteiger charge is -2.08. The number of carbonyl (C=O) groups excluding carboxylic acids is 1. The van der Waals surface area contributed by atoms with Gasteiger partial charge < -0.3 is 5.11 Å². The second-order valence-electron chi connectivity index (χ2n) is 2.62. The van der Waals surface area contributed by atoms with Gasteiger partial charge in [-0.3, -0.25) is 4.79 Å². The minimum atomic E-state index is -1.03. The quantitative estimate of drug-likeness (QED) is 0.657. The molecule has 0 spiro atoms. The zero-order chi connectivity index (χ0) is 10.3. The van der Waals surface area contributed by atoms with Crippen LogP contribution in [0.1, 0.15) is 20.3 Å². The molecule has 0 saturated heterocycles. The van der Waals surface area contributed by atoms with E-state index < -0.39 is 6.10 Å². The molecule has 0 radical (unpaired) electrons. The fraction of sp³-hybridized carbons (Fsp3) is 0.364. The molecule has 0 aromatic rings.